The maximum absolute atomic E-state index is 17.3. The Bertz CT molecular complexity index is 3470. The highest BCUT2D eigenvalue weighted by Crippen LogP contribution is 2.42. The lowest BCUT2D eigenvalue weighted by molar-refractivity contribution is -0.141. The van der Waals surface area contributed by atoms with Gasteiger partial charge in [-0.2, -0.15) is 4.98 Å². The molecule has 3 aromatic carbocycles. The van der Waals surface area contributed by atoms with E-state index >= 15 is 4.39 Å². The van der Waals surface area contributed by atoms with E-state index in [9.17, 15) is 19.8 Å². The summed E-state index contributed by atoms with van der Waals surface area (Å²) in [5, 5.41) is 35.3. The minimum absolute atomic E-state index is 0.0654. The first-order valence-corrected chi connectivity index (χ1v) is 30.2. The monoisotopic (exact) mass is 1120 g/mol. The molecule has 0 radical (unpaired) electrons. The molecule has 4 unspecified atom stereocenters. The molecule has 6 aliphatic rings. The van der Waals surface area contributed by atoms with Gasteiger partial charge in [0.1, 0.15) is 34.7 Å². The number of β-amino-alcohol motifs (C(OH)–C–C–N with tert-alkyl or cyclic N) is 1. The Hall–Kier alpha value is -6.80. The Labute approximate surface area is 475 Å². The molecule has 0 aliphatic carbocycles. The number of carbonyl (C=O) groups excluding carboxylic acids is 2. The summed E-state index contributed by atoms with van der Waals surface area (Å²) in [6.07, 6.45) is 7.49. The smallest absolute Gasteiger partial charge is 0.243 e. The topological polar surface area (TPSA) is 192 Å². The molecular weight excluding hydrogens is 1040 g/mol. The van der Waals surface area contributed by atoms with Crippen LogP contribution in [0.5, 0.6) is 5.75 Å². The fourth-order valence-corrected chi connectivity index (χ4v) is 14.8. The van der Waals surface area contributed by atoms with Gasteiger partial charge in [0.2, 0.25) is 17.8 Å². The van der Waals surface area contributed by atoms with Crippen LogP contribution in [0.2, 0.25) is 0 Å². The fraction of sp³-hybridized carbons (Fsp3) is 0.500. The summed E-state index contributed by atoms with van der Waals surface area (Å²) in [4.78, 5) is 59.6. The summed E-state index contributed by atoms with van der Waals surface area (Å²) < 4.78 is 23.2. The second kappa shape index (κ2) is 21.8. The lowest BCUT2D eigenvalue weighted by atomic mass is 9.83. The molecule has 7 aromatic rings. The predicted octanol–water partition coefficient (Wildman–Crippen LogP) is 8.62. The molecule has 19 heteroatoms. The number of phenols is 1. The number of aromatic hydroxyl groups is 1. The summed E-state index contributed by atoms with van der Waals surface area (Å²) in [6.45, 7) is 17.0. The number of benzene rings is 3. The molecule has 6 aliphatic heterocycles. The van der Waals surface area contributed by atoms with Gasteiger partial charge in [-0.1, -0.05) is 68.4 Å². The first-order valence-electron chi connectivity index (χ1n) is 29.4. The van der Waals surface area contributed by atoms with E-state index in [1.807, 2.05) is 81.7 Å². The number of nitrogens with zero attached hydrogens (tertiary/aromatic N) is 10. The van der Waals surface area contributed by atoms with Crippen molar-refractivity contribution in [1.82, 2.24) is 45.5 Å². The number of rotatable bonds is 15. The zero-order chi connectivity index (χ0) is 55.8. The minimum atomic E-state index is -0.811. The number of carbonyl (C=O) groups is 2. The van der Waals surface area contributed by atoms with Crippen molar-refractivity contribution in [2.75, 3.05) is 73.6 Å². The number of aliphatic hydroxyl groups excluding tert-OH is 1. The third kappa shape index (κ3) is 10.3. The lowest BCUT2D eigenvalue weighted by Gasteiger charge is -2.48. The molecule has 2 bridgehead atoms. The molecule has 2 amide bonds. The molecule has 4 aromatic heterocycles. The van der Waals surface area contributed by atoms with Crippen molar-refractivity contribution in [3.05, 3.63) is 101 Å². The van der Waals surface area contributed by atoms with E-state index in [1.54, 1.807) is 29.7 Å². The summed E-state index contributed by atoms with van der Waals surface area (Å²) >= 11 is 1.60. The molecule has 0 saturated carbocycles. The normalized spacial score (nSPS) is 22.7. The number of amides is 2. The van der Waals surface area contributed by atoms with Gasteiger partial charge >= 0.3 is 0 Å². The average molecular weight is 1120 g/mol. The lowest BCUT2D eigenvalue weighted by Crippen LogP contribution is -2.61. The van der Waals surface area contributed by atoms with Gasteiger partial charge in [0.25, 0.3) is 0 Å². The van der Waals surface area contributed by atoms with E-state index in [0.29, 0.717) is 52.6 Å². The molecule has 6 saturated heterocycles. The number of phenolic OH excluding ortho intramolecular Hbond substituents is 1. The van der Waals surface area contributed by atoms with Crippen LogP contribution in [-0.4, -0.2) is 146 Å². The van der Waals surface area contributed by atoms with Crippen molar-refractivity contribution in [2.45, 2.75) is 122 Å². The van der Waals surface area contributed by atoms with Gasteiger partial charge in [-0.05, 0) is 123 Å². The largest absolute Gasteiger partial charge is 0.508 e. The molecule has 17 nitrogen and oxygen atoms in total. The third-order valence-electron chi connectivity index (χ3n) is 18.5. The second-order valence-electron chi connectivity index (χ2n) is 24.3. The van der Waals surface area contributed by atoms with Gasteiger partial charge in [0.15, 0.2) is 17.4 Å². The quantitative estimate of drug-likeness (QED) is 0.0762. The van der Waals surface area contributed by atoms with Gasteiger partial charge in [0.05, 0.1) is 33.6 Å². The van der Waals surface area contributed by atoms with Crippen LogP contribution in [0.4, 0.5) is 22.0 Å². The predicted molar refractivity (Wildman–Crippen MR) is 313 cm³/mol. The standard InChI is InChI=1S/C62H73FN12O5S/c1-6-39-8-7-9-42-21-46(76)22-48(54(39)42)56-55(63)57-49(25-64-56)59(73-28-43-14-15-44(29-73)67-43)69-62(68-57)74-30-45(31-74)71-18-16-37(17-19-71)20-38-26-72(27-38)52-24-51(80-70-52)53(34(2)3)61(79)75-32-47(77)23-50(75)60(78)66-35(4)40-10-12-41(13-11-40)58-36(5)65-33-81-58/h7-13,21-22,24-25,33-35,37-38,43-45,47,50,53,67,76-77H,6,14-20,23,26-32H2,1-5H3,(H,66,78)/t35?,43?,44?,47-,50+,53?/m1/s1. The molecule has 6 atom stereocenters. The third-order valence-corrected chi connectivity index (χ3v) is 19.5. The van der Waals surface area contributed by atoms with Crippen LogP contribution >= 0.6 is 11.3 Å². The van der Waals surface area contributed by atoms with Crippen LogP contribution in [0.15, 0.2) is 76.9 Å². The van der Waals surface area contributed by atoms with E-state index < -0.39 is 23.9 Å². The Morgan fingerprint density at radius 2 is 1.65 bits per heavy atom. The highest BCUT2D eigenvalue weighted by Gasteiger charge is 2.45. The number of pyridine rings is 1. The van der Waals surface area contributed by atoms with Crippen LogP contribution in [0, 0.1) is 30.5 Å². The highest BCUT2D eigenvalue weighted by molar-refractivity contribution is 7.13. The van der Waals surface area contributed by atoms with Crippen molar-refractivity contribution in [3.8, 4) is 27.4 Å². The summed E-state index contributed by atoms with van der Waals surface area (Å²) in [7, 11) is 0. The Kier molecular flexibility index (Phi) is 14.4. The number of likely N-dealkylation sites (tertiary alicyclic amines) is 2. The number of thiazole rings is 1. The first-order chi connectivity index (χ1) is 39.2. The van der Waals surface area contributed by atoms with E-state index in [2.05, 4.69) is 47.3 Å². The Morgan fingerprint density at radius 3 is 2.37 bits per heavy atom. The number of anilines is 3. The van der Waals surface area contributed by atoms with Gasteiger partial charge < -0.3 is 45.0 Å². The molecule has 13 rings (SSSR count). The molecule has 10 heterocycles. The number of halogens is 1. The molecule has 81 heavy (non-hydrogen) atoms. The van der Waals surface area contributed by atoms with Gasteiger partial charge in [-0.3, -0.25) is 19.5 Å². The van der Waals surface area contributed by atoms with Gasteiger partial charge in [-0.15, -0.1) is 11.3 Å². The van der Waals surface area contributed by atoms with E-state index in [-0.39, 0.29) is 53.7 Å². The van der Waals surface area contributed by atoms with Gasteiger partial charge in [-0.25, -0.2) is 14.4 Å². The Morgan fingerprint density at radius 1 is 0.889 bits per heavy atom. The molecule has 424 valence electrons. The van der Waals surface area contributed by atoms with Gasteiger partial charge in [0, 0.05) is 88.2 Å². The van der Waals surface area contributed by atoms with E-state index in [4.69, 9.17) is 19.5 Å². The zero-order valence-corrected chi connectivity index (χ0v) is 47.7. The number of aromatic nitrogens is 5. The van der Waals surface area contributed by atoms with Crippen molar-refractivity contribution in [1.29, 1.82) is 0 Å². The van der Waals surface area contributed by atoms with Crippen LogP contribution in [-0.2, 0) is 16.0 Å². The minimum Gasteiger partial charge on any atom is -0.508 e. The number of piperidine rings is 1. The maximum atomic E-state index is 17.3. The molecule has 0 spiro atoms. The number of hydrogen-bond acceptors (Lipinski definition) is 16. The van der Waals surface area contributed by atoms with Crippen molar-refractivity contribution >= 4 is 62.4 Å². The summed E-state index contributed by atoms with van der Waals surface area (Å²) in [5.74, 6) is 1.89. The summed E-state index contributed by atoms with van der Waals surface area (Å²) in [5.41, 5.74) is 6.91. The van der Waals surface area contributed by atoms with Crippen LogP contribution in [0.25, 0.3) is 43.4 Å². The SMILES string of the molecule is CCc1cccc2cc(O)cc(-c3ncc4c(N5CC6CCC(C5)N6)nc(N5CC(N6CCC(CC7CN(c8cc(C(C(=O)N9C[C@H](O)C[C@H]9C(=O)NC(C)c9ccc(-c%10scnc%10C)cc9)C(C)C)on8)C7)CC6)C5)nc4c3F)c12. The second-order valence-corrected chi connectivity index (χ2v) is 25.2. The van der Waals surface area contributed by atoms with Crippen molar-refractivity contribution in [3.63, 3.8) is 0 Å². The number of piperazine rings is 1. The zero-order valence-electron chi connectivity index (χ0n) is 46.9. The van der Waals surface area contributed by atoms with E-state index in [1.165, 1.54) is 4.90 Å². The highest BCUT2D eigenvalue weighted by atomic mass is 32.1. The van der Waals surface area contributed by atoms with Crippen LogP contribution < -0.4 is 25.3 Å². The number of aliphatic hydroxyl groups is 1. The first kappa shape index (κ1) is 53.5. The number of aryl methyl sites for hydroxylation is 2. The van der Waals surface area contributed by atoms with Crippen molar-refractivity contribution in [2.24, 2.45) is 17.8 Å². The average Bonchev–Trinajstić information content (AvgIpc) is 4.44. The fourth-order valence-electron chi connectivity index (χ4n) is 14.0. The number of hydrogen-bond donors (Lipinski definition) is 4. The van der Waals surface area contributed by atoms with E-state index in [0.717, 1.165) is 141 Å². The van der Waals surface area contributed by atoms with Crippen LogP contribution in [0.3, 0.4) is 0 Å². The van der Waals surface area contributed by atoms with Crippen molar-refractivity contribution < 1.29 is 28.7 Å². The molecule has 6 fully saturated rings. The molecular formula is C62H73FN12O5S. The number of fused-ring (bicyclic) bond motifs is 4. The summed E-state index contributed by atoms with van der Waals surface area (Å²) in [6, 6.07) is 19.3. The Balaban J connectivity index is 0.618. The maximum Gasteiger partial charge on any atom is 0.243 e. The number of nitrogens with one attached hydrogen (secondary N) is 2. The van der Waals surface area contributed by atoms with Crippen LogP contribution in [0.1, 0.15) is 101 Å². The molecule has 4 N–H and O–H groups in total.